The number of nitrogens with zero attached hydrogens (tertiary/aromatic N) is 2. The lowest BCUT2D eigenvalue weighted by Crippen LogP contribution is -2.35. The zero-order valence-corrected chi connectivity index (χ0v) is 18.9. The zero-order chi connectivity index (χ0) is 22.0. The molecular weight excluding hydrogens is 434 g/mol. The van der Waals surface area contributed by atoms with Gasteiger partial charge in [0, 0.05) is 24.4 Å². The molecule has 9 heteroatoms. The van der Waals surface area contributed by atoms with Gasteiger partial charge in [-0.05, 0) is 48.8 Å². The molecule has 1 aliphatic heterocycles. The first-order valence-electron chi connectivity index (χ1n) is 9.99. The van der Waals surface area contributed by atoms with E-state index < -0.39 is 10.0 Å². The topological polar surface area (TPSA) is 92.5 Å². The molecule has 7 nitrogen and oxygen atoms in total. The predicted octanol–water partition coefficient (Wildman–Crippen LogP) is 4.31. The maximum Gasteiger partial charge on any atom is 0.252 e. The third-order valence-electron chi connectivity index (χ3n) is 5.17. The summed E-state index contributed by atoms with van der Waals surface area (Å²) in [5.41, 5.74) is 3.37. The van der Waals surface area contributed by atoms with Crippen LogP contribution in [-0.4, -0.2) is 30.3 Å². The maximum absolute atomic E-state index is 13.1. The van der Waals surface area contributed by atoms with E-state index in [0.717, 1.165) is 10.4 Å². The number of aromatic nitrogens is 1. The Hall–Kier alpha value is -2.75. The van der Waals surface area contributed by atoms with Crippen LogP contribution in [0, 0.1) is 6.92 Å². The Balaban J connectivity index is 1.52. The summed E-state index contributed by atoms with van der Waals surface area (Å²) in [6, 6.07) is 11.3. The number of sulfonamides is 1. The van der Waals surface area contributed by atoms with Crippen molar-refractivity contribution in [2.24, 2.45) is 0 Å². The van der Waals surface area contributed by atoms with Crippen LogP contribution in [-0.2, 0) is 27.8 Å². The molecule has 162 valence electrons. The number of fused-ring (bicyclic) bond motifs is 1. The molecule has 2 aromatic heterocycles. The number of benzene rings is 1. The molecule has 0 fully saturated rings. The van der Waals surface area contributed by atoms with Crippen LogP contribution in [0.5, 0.6) is 0 Å². The predicted molar refractivity (Wildman–Crippen MR) is 121 cm³/mol. The minimum absolute atomic E-state index is 0.131. The van der Waals surface area contributed by atoms with Crippen LogP contribution in [0.15, 0.2) is 45.1 Å². The number of rotatable bonds is 6. The van der Waals surface area contributed by atoms with Crippen LogP contribution < -0.4 is 5.32 Å². The Morgan fingerprint density at radius 3 is 2.77 bits per heavy atom. The monoisotopic (exact) mass is 457 g/mol. The van der Waals surface area contributed by atoms with Gasteiger partial charge in [0.25, 0.3) is 10.0 Å². The van der Waals surface area contributed by atoms with Crippen molar-refractivity contribution >= 4 is 45.1 Å². The summed E-state index contributed by atoms with van der Waals surface area (Å²) in [6.45, 7) is 4.38. The van der Waals surface area contributed by atoms with Crippen molar-refractivity contribution in [1.82, 2.24) is 9.46 Å². The minimum Gasteiger partial charge on any atom is -0.354 e. The van der Waals surface area contributed by atoms with Crippen molar-refractivity contribution < 1.29 is 17.7 Å². The third-order valence-corrected chi connectivity index (χ3v) is 8.53. The van der Waals surface area contributed by atoms with E-state index in [1.165, 1.54) is 21.2 Å². The Morgan fingerprint density at radius 2 is 2.00 bits per heavy atom. The summed E-state index contributed by atoms with van der Waals surface area (Å²) in [5.74, 6) is 0.290. The van der Waals surface area contributed by atoms with Crippen molar-refractivity contribution in [1.29, 1.82) is 0 Å². The van der Waals surface area contributed by atoms with Gasteiger partial charge < -0.3 is 9.84 Å². The number of thiophene rings is 1. The zero-order valence-electron chi connectivity index (χ0n) is 17.3. The molecule has 0 radical (unpaired) electrons. The molecule has 0 aliphatic carbocycles. The number of nitrogens with one attached hydrogen (secondary N) is 1. The molecule has 1 aliphatic rings. The Bertz CT molecular complexity index is 1240. The largest absolute Gasteiger partial charge is 0.354 e. The molecule has 4 rings (SSSR count). The van der Waals surface area contributed by atoms with Crippen LogP contribution in [0.4, 0.5) is 5.69 Å². The van der Waals surface area contributed by atoms with E-state index in [9.17, 15) is 13.2 Å². The highest BCUT2D eigenvalue weighted by Crippen LogP contribution is 2.30. The van der Waals surface area contributed by atoms with Gasteiger partial charge in [0.1, 0.15) is 15.6 Å². The van der Waals surface area contributed by atoms with Gasteiger partial charge in [0.05, 0.1) is 0 Å². The summed E-state index contributed by atoms with van der Waals surface area (Å²) in [4.78, 5) is 12.5. The number of amides is 1. The second-order valence-electron chi connectivity index (χ2n) is 7.26. The van der Waals surface area contributed by atoms with E-state index in [1.54, 1.807) is 38.1 Å². The Labute approximate surface area is 185 Å². The first-order valence-corrected chi connectivity index (χ1v) is 12.2. The van der Waals surface area contributed by atoms with Gasteiger partial charge in [-0.15, -0.1) is 11.3 Å². The van der Waals surface area contributed by atoms with Gasteiger partial charge in [-0.3, -0.25) is 4.79 Å². The van der Waals surface area contributed by atoms with E-state index in [2.05, 4.69) is 16.5 Å². The van der Waals surface area contributed by atoms with Crippen LogP contribution >= 0.6 is 11.3 Å². The molecule has 3 aromatic rings. The van der Waals surface area contributed by atoms with Crippen LogP contribution in [0.2, 0.25) is 0 Å². The van der Waals surface area contributed by atoms with Crippen molar-refractivity contribution in [3.8, 4) is 0 Å². The minimum atomic E-state index is -3.57. The number of aryl methyl sites for hydroxylation is 1. The number of anilines is 1. The average molecular weight is 458 g/mol. The number of hydrogen-bond donors (Lipinski definition) is 1. The molecule has 0 bridgehead atoms. The maximum atomic E-state index is 13.1. The highest BCUT2D eigenvalue weighted by Gasteiger charge is 2.29. The molecule has 0 atom stereocenters. The van der Waals surface area contributed by atoms with Crippen LogP contribution in [0.25, 0.3) is 12.2 Å². The Morgan fingerprint density at radius 1 is 1.23 bits per heavy atom. The van der Waals surface area contributed by atoms with Crippen LogP contribution in [0.3, 0.4) is 0 Å². The highest BCUT2D eigenvalue weighted by molar-refractivity contribution is 7.91. The lowest BCUT2D eigenvalue weighted by molar-refractivity contribution is -0.115. The smallest absolute Gasteiger partial charge is 0.252 e. The molecule has 1 N–H and O–H groups in total. The number of hydrogen-bond acceptors (Lipinski definition) is 6. The molecule has 3 heterocycles. The van der Waals surface area contributed by atoms with E-state index >= 15 is 0 Å². The molecule has 0 saturated carbocycles. The van der Waals surface area contributed by atoms with Crippen molar-refractivity contribution in [2.75, 3.05) is 11.9 Å². The first-order chi connectivity index (χ1) is 14.9. The van der Waals surface area contributed by atoms with Gasteiger partial charge in [0.2, 0.25) is 5.91 Å². The Kier molecular flexibility index (Phi) is 6.08. The summed E-state index contributed by atoms with van der Waals surface area (Å²) in [7, 11) is -3.57. The van der Waals surface area contributed by atoms with E-state index in [4.69, 9.17) is 4.52 Å². The fourth-order valence-electron chi connectivity index (χ4n) is 3.40. The third kappa shape index (κ3) is 4.48. The van der Waals surface area contributed by atoms with Gasteiger partial charge in [-0.2, -0.15) is 4.31 Å². The normalized spacial score (nSPS) is 14.6. The van der Waals surface area contributed by atoms with E-state index in [1.807, 2.05) is 18.2 Å². The van der Waals surface area contributed by atoms with Crippen molar-refractivity contribution in [3.63, 3.8) is 0 Å². The molecule has 1 aromatic carbocycles. The molecule has 0 spiro atoms. The van der Waals surface area contributed by atoms with Gasteiger partial charge in [-0.1, -0.05) is 36.3 Å². The standard InChI is InChI=1S/C22H23N3O4S2/c1-3-20(26)23-22-15(2)24-29-19(22)10-8-18-9-11-21(30-18)31(27,28)25-13-12-16-6-4-5-7-17(16)14-25/h4-11H,3,12-14H2,1-2H3,(H,23,26)/b10-8+. The van der Waals surface area contributed by atoms with E-state index in [0.29, 0.717) is 47.3 Å². The molecule has 1 amide bonds. The van der Waals surface area contributed by atoms with Crippen LogP contribution in [0.1, 0.15) is 40.8 Å². The second-order valence-corrected chi connectivity index (χ2v) is 10.5. The molecule has 0 saturated heterocycles. The fraction of sp³-hybridized carbons (Fsp3) is 0.273. The van der Waals surface area contributed by atoms with Crippen molar-refractivity contribution in [2.45, 2.75) is 37.4 Å². The lowest BCUT2D eigenvalue weighted by Gasteiger charge is -2.27. The fourth-order valence-corrected chi connectivity index (χ4v) is 6.21. The number of carbonyl (C=O) groups is 1. The second kappa shape index (κ2) is 8.78. The highest BCUT2D eigenvalue weighted by atomic mass is 32.2. The summed E-state index contributed by atoms with van der Waals surface area (Å²) >= 11 is 1.20. The van der Waals surface area contributed by atoms with Gasteiger partial charge in [-0.25, -0.2) is 8.42 Å². The first kappa shape index (κ1) is 21.5. The van der Waals surface area contributed by atoms with E-state index in [-0.39, 0.29) is 5.91 Å². The van der Waals surface area contributed by atoms with Crippen molar-refractivity contribution in [3.05, 3.63) is 63.9 Å². The molecule has 0 unspecified atom stereocenters. The lowest BCUT2D eigenvalue weighted by atomic mass is 10.0. The summed E-state index contributed by atoms with van der Waals surface area (Å²) in [5, 5.41) is 6.68. The summed E-state index contributed by atoms with van der Waals surface area (Å²) in [6.07, 6.45) is 4.51. The van der Waals surface area contributed by atoms with Gasteiger partial charge in [0.15, 0.2) is 5.76 Å². The quantitative estimate of drug-likeness (QED) is 0.595. The molecular formula is C22H23N3O4S2. The average Bonchev–Trinajstić information content (AvgIpc) is 3.39. The van der Waals surface area contributed by atoms with Gasteiger partial charge >= 0.3 is 0 Å². The molecule has 31 heavy (non-hydrogen) atoms. The summed E-state index contributed by atoms with van der Waals surface area (Å²) < 4.78 is 33.4. The SMILES string of the molecule is CCC(=O)Nc1c(C)noc1/C=C/c1ccc(S(=O)(=O)N2CCc3ccccc3C2)s1. The number of carbonyl (C=O) groups excluding carboxylic acids is 1.